The van der Waals surface area contributed by atoms with Gasteiger partial charge in [0.25, 0.3) is 0 Å². The normalized spacial score (nSPS) is 21.5. The summed E-state index contributed by atoms with van der Waals surface area (Å²) in [4.78, 5) is 22.8. The molecule has 0 spiro atoms. The van der Waals surface area contributed by atoms with Crippen molar-refractivity contribution in [2.45, 2.75) is 33.1 Å². The van der Waals surface area contributed by atoms with Crippen molar-refractivity contribution in [3.63, 3.8) is 0 Å². The van der Waals surface area contributed by atoms with Crippen LogP contribution in [0.25, 0.3) is 0 Å². The Hall–Kier alpha value is -1.84. The summed E-state index contributed by atoms with van der Waals surface area (Å²) < 4.78 is 0. The van der Waals surface area contributed by atoms with Crippen LogP contribution < -0.4 is 5.32 Å². The van der Waals surface area contributed by atoms with Crippen LogP contribution in [-0.2, 0) is 9.59 Å². The van der Waals surface area contributed by atoms with Gasteiger partial charge in [-0.2, -0.15) is 0 Å². The predicted molar refractivity (Wildman–Crippen MR) is 73.0 cm³/mol. The lowest BCUT2D eigenvalue weighted by Gasteiger charge is -2.09. The highest BCUT2D eigenvalue weighted by Crippen LogP contribution is 2.51. The second kappa shape index (κ2) is 4.68. The number of hydrogen-bond acceptors (Lipinski definition) is 2. The summed E-state index contributed by atoms with van der Waals surface area (Å²) in [6.45, 7) is 5.80. The number of carbonyl (C=O) groups excluding carboxylic acids is 1. The van der Waals surface area contributed by atoms with Crippen LogP contribution in [0.15, 0.2) is 24.3 Å². The number of nitrogens with one attached hydrogen (secondary N) is 1. The van der Waals surface area contributed by atoms with Crippen LogP contribution in [0.4, 0.5) is 5.69 Å². The zero-order chi connectivity index (χ0) is 14.2. The number of carboxylic acids is 1. The molecule has 4 heteroatoms. The number of hydrogen-bond donors (Lipinski definition) is 2. The van der Waals surface area contributed by atoms with E-state index in [1.54, 1.807) is 31.2 Å². The lowest BCUT2D eigenvalue weighted by Crippen LogP contribution is -2.16. The summed E-state index contributed by atoms with van der Waals surface area (Å²) in [5.41, 5.74) is 1.56. The number of carboxylic acid groups (broad SMARTS) is 1. The number of amides is 1. The third-order valence-electron chi connectivity index (χ3n) is 3.88. The smallest absolute Gasteiger partial charge is 0.310 e. The van der Waals surface area contributed by atoms with Gasteiger partial charge in [0.05, 0.1) is 5.92 Å². The van der Waals surface area contributed by atoms with E-state index in [0.717, 1.165) is 12.0 Å². The monoisotopic (exact) mass is 261 g/mol. The highest BCUT2D eigenvalue weighted by atomic mass is 16.4. The van der Waals surface area contributed by atoms with Gasteiger partial charge >= 0.3 is 5.97 Å². The Bertz CT molecular complexity index is 505. The Kier molecular flexibility index (Phi) is 3.35. The second-order valence-electron chi connectivity index (χ2n) is 5.92. The quantitative estimate of drug-likeness (QED) is 0.875. The molecule has 1 aromatic carbocycles. The third-order valence-corrected chi connectivity index (χ3v) is 3.88. The molecule has 1 aliphatic rings. The molecule has 1 fully saturated rings. The highest BCUT2D eigenvalue weighted by Gasteiger charge is 2.50. The second-order valence-corrected chi connectivity index (χ2v) is 5.92. The fourth-order valence-corrected chi connectivity index (χ4v) is 2.14. The van der Waals surface area contributed by atoms with Crippen LogP contribution in [-0.4, -0.2) is 17.0 Å². The van der Waals surface area contributed by atoms with Gasteiger partial charge in [-0.05, 0) is 36.5 Å². The first kappa shape index (κ1) is 13.6. The standard InChI is InChI=1S/C15H19NO3/c1-9(14(18)19)10-4-6-11(7-5-10)16-13(17)12-8-15(12,2)3/h4-7,9,12H,8H2,1-3H3,(H,16,17)(H,18,19). The van der Waals surface area contributed by atoms with E-state index in [1.165, 1.54) is 0 Å². The molecule has 2 atom stereocenters. The summed E-state index contributed by atoms with van der Waals surface area (Å²) in [5.74, 6) is -1.25. The molecular weight excluding hydrogens is 242 g/mol. The number of rotatable bonds is 4. The predicted octanol–water partition coefficient (Wildman–Crippen LogP) is 2.86. The average Bonchev–Trinajstić information content (AvgIpc) is 2.98. The summed E-state index contributed by atoms with van der Waals surface area (Å²) in [7, 11) is 0. The highest BCUT2D eigenvalue weighted by molar-refractivity contribution is 5.95. The fraction of sp³-hybridized carbons (Fsp3) is 0.467. The zero-order valence-corrected chi connectivity index (χ0v) is 11.4. The number of anilines is 1. The Morgan fingerprint density at radius 1 is 1.32 bits per heavy atom. The maximum Gasteiger partial charge on any atom is 0.310 e. The van der Waals surface area contributed by atoms with E-state index in [0.29, 0.717) is 5.69 Å². The van der Waals surface area contributed by atoms with Gasteiger partial charge < -0.3 is 10.4 Å². The van der Waals surface area contributed by atoms with Gasteiger partial charge in [-0.25, -0.2) is 0 Å². The lowest BCUT2D eigenvalue weighted by atomic mass is 10.0. The SMILES string of the molecule is CC(C(=O)O)c1ccc(NC(=O)C2CC2(C)C)cc1. The van der Waals surface area contributed by atoms with Crippen molar-refractivity contribution in [1.29, 1.82) is 0 Å². The molecule has 1 aromatic rings. The third kappa shape index (κ3) is 2.95. The topological polar surface area (TPSA) is 66.4 Å². The first-order valence-electron chi connectivity index (χ1n) is 6.45. The molecule has 0 saturated heterocycles. The number of aliphatic carboxylic acids is 1. The molecule has 0 bridgehead atoms. The van der Waals surface area contributed by atoms with Crippen molar-refractivity contribution in [1.82, 2.24) is 0 Å². The number of benzene rings is 1. The van der Waals surface area contributed by atoms with Crippen LogP contribution in [0.2, 0.25) is 0 Å². The van der Waals surface area contributed by atoms with Gasteiger partial charge in [0.1, 0.15) is 0 Å². The molecule has 2 rings (SSSR count). The molecule has 0 aliphatic heterocycles. The number of carbonyl (C=O) groups is 2. The van der Waals surface area contributed by atoms with Gasteiger partial charge in [0.15, 0.2) is 0 Å². The summed E-state index contributed by atoms with van der Waals surface area (Å²) in [6, 6.07) is 6.99. The van der Waals surface area contributed by atoms with Crippen LogP contribution in [0, 0.1) is 11.3 Å². The lowest BCUT2D eigenvalue weighted by molar-refractivity contribution is -0.138. The van der Waals surface area contributed by atoms with E-state index in [9.17, 15) is 9.59 Å². The summed E-state index contributed by atoms with van der Waals surface area (Å²) >= 11 is 0. The van der Waals surface area contributed by atoms with Crippen molar-refractivity contribution < 1.29 is 14.7 Å². The molecule has 2 unspecified atom stereocenters. The minimum absolute atomic E-state index is 0.0454. The van der Waals surface area contributed by atoms with Gasteiger partial charge in [0.2, 0.25) is 5.91 Å². The van der Waals surface area contributed by atoms with E-state index >= 15 is 0 Å². The van der Waals surface area contributed by atoms with Crippen LogP contribution in [0.5, 0.6) is 0 Å². The molecule has 102 valence electrons. The van der Waals surface area contributed by atoms with E-state index < -0.39 is 11.9 Å². The Balaban J connectivity index is 1.99. The van der Waals surface area contributed by atoms with Gasteiger partial charge in [-0.3, -0.25) is 9.59 Å². The van der Waals surface area contributed by atoms with Gasteiger partial charge in [0, 0.05) is 11.6 Å². The molecule has 19 heavy (non-hydrogen) atoms. The average molecular weight is 261 g/mol. The van der Waals surface area contributed by atoms with E-state index in [2.05, 4.69) is 19.2 Å². The summed E-state index contributed by atoms with van der Waals surface area (Å²) in [5, 5.41) is 11.8. The van der Waals surface area contributed by atoms with Crippen LogP contribution in [0.1, 0.15) is 38.7 Å². The maximum absolute atomic E-state index is 11.9. The molecule has 2 N–H and O–H groups in total. The van der Waals surface area contributed by atoms with E-state index in [1.807, 2.05) is 0 Å². The van der Waals surface area contributed by atoms with E-state index in [4.69, 9.17) is 5.11 Å². The van der Waals surface area contributed by atoms with Crippen molar-refractivity contribution in [3.05, 3.63) is 29.8 Å². The van der Waals surface area contributed by atoms with Crippen LogP contribution in [0.3, 0.4) is 0 Å². The Morgan fingerprint density at radius 2 is 1.84 bits per heavy atom. The first-order valence-corrected chi connectivity index (χ1v) is 6.45. The van der Waals surface area contributed by atoms with E-state index in [-0.39, 0.29) is 17.2 Å². The molecular formula is C15H19NO3. The van der Waals surface area contributed by atoms with Gasteiger partial charge in [-0.1, -0.05) is 26.0 Å². The van der Waals surface area contributed by atoms with Crippen molar-refractivity contribution >= 4 is 17.6 Å². The molecule has 0 radical (unpaired) electrons. The fourth-order valence-electron chi connectivity index (χ4n) is 2.14. The van der Waals surface area contributed by atoms with Gasteiger partial charge in [-0.15, -0.1) is 0 Å². The molecule has 1 aliphatic carbocycles. The van der Waals surface area contributed by atoms with Crippen molar-refractivity contribution in [3.8, 4) is 0 Å². The van der Waals surface area contributed by atoms with Crippen LogP contribution >= 0.6 is 0 Å². The minimum Gasteiger partial charge on any atom is -0.481 e. The Morgan fingerprint density at radius 3 is 2.26 bits per heavy atom. The van der Waals surface area contributed by atoms with Crippen molar-refractivity contribution in [2.75, 3.05) is 5.32 Å². The zero-order valence-electron chi connectivity index (χ0n) is 11.4. The molecule has 0 heterocycles. The largest absolute Gasteiger partial charge is 0.481 e. The molecule has 4 nitrogen and oxygen atoms in total. The molecule has 1 amide bonds. The molecule has 1 saturated carbocycles. The van der Waals surface area contributed by atoms with Crippen molar-refractivity contribution in [2.24, 2.45) is 11.3 Å². The minimum atomic E-state index is -0.850. The summed E-state index contributed by atoms with van der Waals surface area (Å²) in [6.07, 6.45) is 0.924. The Labute approximate surface area is 112 Å². The maximum atomic E-state index is 11.9. The first-order chi connectivity index (χ1) is 8.81. The molecule has 0 aromatic heterocycles.